The highest BCUT2D eigenvalue weighted by Gasteiger charge is 2.48. The summed E-state index contributed by atoms with van der Waals surface area (Å²) >= 11 is 0. The molecule has 0 atom stereocenters. The molecule has 134 valence electrons. The van der Waals surface area contributed by atoms with Gasteiger partial charge in [0.25, 0.3) is 21.8 Å². The first-order valence-corrected chi connectivity index (χ1v) is 9.53. The summed E-state index contributed by atoms with van der Waals surface area (Å²) in [5.41, 5.74) is 1.17. The number of fused-ring (bicyclic) bond motifs is 1. The van der Waals surface area contributed by atoms with E-state index in [1.54, 1.807) is 6.92 Å². The fourth-order valence-corrected chi connectivity index (χ4v) is 4.86. The van der Waals surface area contributed by atoms with Crippen molar-refractivity contribution in [2.75, 3.05) is 5.32 Å². The first-order chi connectivity index (χ1) is 12.3. The number of benzene rings is 2. The van der Waals surface area contributed by atoms with Gasteiger partial charge in [-0.05, 0) is 61.7 Å². The second kappa shape index (κ2) is 5.63. The van der Waals surface area contributed by atoms with Gasteiger partial charge in [-0.3, -0.25) is 9.59 Å². The molecule has 1 aliphatic carbocycles. The van der Waals surface area contributed by atoms with Gasteiger partial charge in [-0.2, -0.15) is 0 Å². The normalized spacial score (nSPS) is 17.9. The Kier molecular flexibility index (Phi) is 3.62. The van der Waals surface area contributed by atoms with Crippen molar-refractivity contribution in [1.82, 2.24) is 4.31 Å². The van der Waals surface area contributed by atoms with Crippen LogP contribution in [0.3, 0.4) is 0 Å². The minimum absolute atomic E-state index is 0.0893. The van der Waals surface area contributed by atoms with Gasteiger partial charge in [-0.15, -0.1) is 0 Å². The molecule has 2 aromatic carbocycles. The molecule has 2 amide bonds. The van der Waals surface area contributed by atoms with Crippen LogP contribution in [-0.2, 0) is 10.0 Å². The molecule has 0 unspecified atom stereocenters. The number of halogens is 1. The minimum atomic E-state index is -3.92. The van der Waals surface area contributed by atoms with Crippen molar-refractivity contribution in [3.05, 3.63) is 58.9 Å². The second-order valence-electron chi connectivity index (χ2n) is 6.46. The summed E-state index contributed by atoms with van der Waals surface area (Å²) in [7, 11) is -3.92. The van der Waals surface area contributed by atoms with Crippen LogP contribution in [0.4, 0.5) is 10.1 Å². The number of hydrogen-bond acceptors (Lipinski definition) is 4. The van der Waals surface area contributed by atoms with E-state index in [9.17, 15) is 22.4 Å². The zero-order chi connectivity index (χ0) is 18.6. The van der Waals surface area contributed by atoms with E-state index in [-0.39, 0.29) is 22.1 Å². The van der Waals surface area contributed by atoms with Crippen molar-refractivity contribution in [2.45, 2.75) is 30.7 Å². The Bertz CT molecular complexity index is 1060. The van der Waals surface area contributed by atoms with Gasteiger partial charge in [-0.1, -0.05) is 0 Å². The van der Waals surface area contributed by atoms with E-state index in [1.165, 1.54) is 36.4 Å². The lowest BCUT2D eigenvalue weighted by molar-refractivity contribution is 0.0864. The second-order valence-corrected chi connectivity index (χ2v) is 8.24. The number of carbonyl (C=O) groups is 2. The van der Waals surface area contributed by atoms with Gasteiger partial charge in [0.1, 0.15) is 10.7 Å². The number of amides is 2. The molecular formula is C18H15FN2O4S. The van der Waals surface area contributed by atoms with Crippen molar-refractivity contribution >= 4 is 27.5 Å². The lowest BCUT2D eigenvalue weighted by Crippen LogP contribution is -2.31. The quantitative estimate of drug-likeness (QED) is 0.895. The number of carbonyl (C=O) groups excluding carboxylic acids is 2. The highest BCUT2D eigenvalue weighted by atomic mass is 32.2. The van der Waals surface area contributed by atoms with E-state index in [0.717, 1.165) is 4.31 Å². The number of anilines is 1. The molecule has 1 heterocycles. The summed E-state index contributed by atoms with van der Waals surface area (Å²) in [5, 5.41) is 2.63. The lowest BCUT2D eigenvalue weighted by Gasteiger charge is -2.13. The Balaban J connectivity index is 1.67. The summed E-state index contributed by atoms with van der Waals surface area (Å²) in [4.78, 5) is 24.7. The Morgan fingerprint density at radius 2 is 1.92 bits per heavy atom. The molecule has 4 rings (SSSR count). The standard InChI is InChI=1S/C18H15FN2O4S/c1-10-8-12(19)3-7-15(10)20-17(22)11-2-6-14-16(9-11)26(24,25)21(18(14)23)13-4-5-13/h2-3,6-9,13H,4-5H2,1H3,(H,20,22). The summed E-state index contributed by atoms with van der Waals surface area (Å²) in [6.45, 7) is 1.65. The average Bonchev–Trinajstić information content (AvgIpc) is 3.38. The molecule has 1 N–H and O–H groups in total. The number of nitrogens with one attached hydrogen (secondary N) is 1. The molecule has 1 saturated carbocycles. The molecule has 26 heavy (non-hydrogen) atoms. The van der Waals surface area contributed by atoms with Crippen LogP contribution in [0.25, 0.3) is 0 Å². The minimum Gasteiger partial charge on any atom is -0.322 e. The molecule has 1 aliphatic heterocycles. The molecule has 0 spiro atoms. The maximum atomic E-state index is 13.2. The molecule has 2 aliphatic rings. The third-order valence-corrected chi connectivity index (χ3v) is 6.40. The molecule has 1 fully saturated rings. The molecule has 0 radical (unpaired) electrons. The van der Waals surface area contributed by atoms with E-state index in [2.05, 4.69) is 5.32 Å². The summed E-state index contributed by atoms with van der Waals surface area (Å²) in [6.07, 6.45) is 1.33. The zero-order valence-corrected chi connectivity index (χ0v) is 14.6. The van der Waals surface area contributed by atoms with Crippen molar-refractivity contribution in [3.8, 4) is 0 Å². The van der Waals surface area contributed by atoms with Gasteiger partial charge in [0.2, 0.25) is 0 Å². The van der Waals surface area contributed by atoms with Crippen LogP contribution in [0.1, 0.15) is 39.1 Å². The predicted molar refractivity (Wildman–Crippen MR) is 91.9 cm³/mol. The fourth-order valence-electron chi connectivity index (χ4n) is 3.02. The van der Waals surface area contributed by atoms with Crippen LogP contribution in [0.15, 0.2) is 41.3 Å². The van der Waals surface area contributed by atoms with Gasteiger partial charge >= 0.3 is 0 Å². The number of sulfonamides is 1. The maximum Gasteiger partial charge on any atom is 0.269 e. The first kappa shape index (κ1) is 16.7. The van der Waals surface area contributed by atoms with Gasteiger partial charge in [0, 0.05) is 17.3 Å². The lowest BCUT2D eigenvalue weighted by atomic mass is 10.1. The Labute approximate surface area is 149 Å². The monoisotopic (exact) mass is 374 g/mol. The van der Waals surface area contributed by atoms with Gasteiger partial charge < -0.3 is 5.32 Å². The maximum absolute atomic E-state index is 13.2. The highest BCUT2D eigenvalue weighted by molar-refractivity contribution is 7.90. The van der Waals surface area contributed by atoms with Crippen LogP contribution in [0, 0.1) is 12.7 Å². The van der Waals surface area contributed by atoms with Crippen LogP contribution < -0.4 is 5.32 Å². The summed E-state index contributed by atoms with van der Waals surface area (Å²) < 4.78 is 39.4. The number of hydrogen-bond donors (Lipinski definition) is 1. The molecule has 0 bridgehead atoms. The van der Waals surface area contributed by atoms with Crippen molar-refractivity contribution in [1.29, 1.82) is 0 Å². The number of aryl methyl sites for hydroxylation is 1. The molecule has 6 nitrogen and oxygen atoms in total. The third kappa shape index (κ3) is 2.57. The molecule has 0 aromatic heterocycles. The van der Waals surface area contributed by atoms with Gasteiger partial charge in [0.15, 0.2) is 0 Å². The molecule has 0 saturated heterocycles. The van der Waals surface area contributed by atoms with E-state index >= 15 is 0 Å². The van der Waals surface area contributed by atoms with Crippen LogP contribution in [0.2, 0.25) is 0 Å². The smallest absolute Gasteiger partial charge is 0.269 e. The predicted octanol–water partition coefficient (Wildman–Crippen LogP) is 2.69. The highest BCUT2D eigenvalue weighted by Crippen LogP contribution is 2.39. The average molecular weight is 374 g/mol. The van der Waals surface area contributed by atoms with E-state index < -0.39 is 27.7 Å². The first-order valence-electron chi connectivity index (χ1n) is 8.09. The van der Waals surface area contributed by atoms with E-state index in [1.807, 2.05) is 0 Å². The number of nitrogens with zero attached hydrogens (tertiary/aromatic N) is 1. The van der Waals surface area contributed by atoms with Crippen LogP contribution in [0.5, 0.6) is 0 Å². The van der Waals surface area contributed by atoms with E-state index in [4.69, 9.17) is 0 Å². The zero-order valence-electron chi connectivity index (χ0n) is 13.8. The Morgan fingerprint density at radius 1 is 1.19 bits per heavy atom. The molecular weight excluding hydrogens is 359 g/mol. The van der Waals surface area contributed by atoms with Crippen LogP contribution in [-0.4, -0.2) is 30.6 Å². The summed E-state index contributed by atoms with van der Waals surface area (Å²) in [5.74, 6) is -1.48. The van der Waals surface area contributed by atoms with Gasteiger partial charge in [0.05, 0.1) is 5.56 Å². The van der Waals surface area contributed by atoms with Gasteiger partial charge in [-0.25, -0.2) is 17.1 Å². The summed E-state index contributed by atoms with van der Waals surface area (Å²) in [6, 6.07) is 7.67. The Morgan fingerprint density at radius 3 is 2.58 bits per heavy atom. The topological polar surface area (TPSA) is 83.6 Å². The van der Waals surface area contributed by atoms with Crippen molar-refractivity contribution < 1.29 is 22.4 Å². The SMILES string of the molecule is Cc1cc(F)ccc1NC(=O)c1ccc2c(c1)S(=O)(=O)N(C1CC1)C2=O. The molecule has 8 heteroatoms. The molecule has 2 aromatic rings. The third-order valence-electron chi connectivity index (χ3n) is 4.53. The van der Waals surface area contributed by atoms with E-state index in [0.29, 0.717) is 24.1 Å². The van der Waals surface area contributed by atoms with Crippen molar-refractivity contribution in [3.63, 3.8) is 0 Å². The van der Waals surface area contributed by atoms with Crippen molar-refractivity contribution in [2.24, 2.45) is 0 Å². The largest absolute Gasteiger partial charge is 0.322 e. The van der Waals surface area contributed by atoms with Crippen LogP contribution >= 0.6 is 0 Å². The Hall–Kier alpha value is -2.74. The number of rotatable bonds is 3. The fraction of sp³-hybridized carbons (Fsp3) is 0.222.